The van der Waals surface area contributed by atoms with Crippen LogP contribution >= 0.6 is 0 Å². The van der Waals surface area contributed by atoms with Gasteiger partial charge in [0.2, 0.25) is 0 Å². The normalized spacial score (nSPS) is 35.3. The summed E-state index contributed by atoms with van der Waals surface area (Å²) < 4.78 is 24.8. The zero-order chi connectivity index (χ0) is 25.9. The monoisotopic (exact) mass is 518 g/mol. The van der Waals surface area contributed by atoms with E-state index in [1.165, 1.54) is 73.6 Å². The number of hydrogen-bond acceptors (Lipinski definition) is 4. The molecule has 38 heavy (non-hydrogen) atoms. The second-order valence-electron chi connectivity index (χ2n) is 12.7. The molecule has 4 heteroatoms. The smallest absolute Gasteiger partial charge is 0.115 e. The Balaban J connectivity index is 0.947. The average molecular weight is 519 g/mol. The summed E-state index contributed by atoms with van der Waals surface area (Å²) in [5.74, 6) is 3.24. The van der Waals surface area contributed by atoms with Crippen molar-refractivity contribution in [3.8, 4) is 0 Å². The summed E-state index contributed by atoms with van der Waals surface area (Å²) in [7, 11) is 0. The molecular weight excluding hydrogens is 472 g/mol. The lowest BCUT2D eigenvalue weighted by atomic mass is 9.79. The zero-order valence-corrected chi connectivity index (χ0v) is 23.4. The van der Waals surface area contributed by atoms with Gasteiger partial charge in [-0.25, -0.2) is 0 Å². The molecule has 2 saturated heterocycles. The van der Waals surface area contributed by atoms with E-state index >= 15 is 0 Å². The Bertz CT molecular complexity index is 918. The molecule has 2 saturated carbocycles. The first kappa shape index (κ1) is 26.5. The third-order valence-electron chi connectivity index (χ3n) is 9.82. The number of fused-ring (bicyclic) bond motifs is 1. The van der Waals surface area contributed by atoms with E-state index in [9.17, 15) is 0 Å². The van der Waals surface area contributed by atoms with Crippen LogP contribution < -0.4 is 0 Å². The lowest BCUT2D eigenvalue weighted by Gasteiger charge is -2.26. The molecule has 4 aliphatic rings. The van der Waals surface area contributed by atoms with Crippen molar-refractivity contribution in [3.05, 3.63) is 70.8 Å². The first-order valence-corrected chi connectivity index (χ1v) is 15.3. The van der Waals surface area contributed by atoms with E-state index in [1.54, 1.807) is 0 Å². The second-order valence-corrected chi connectivity index (χ2v) is 12.7. The van der Waals surface area contributed by atoms with Crippen molar-refractivity contribution >= 4 is 0 Å². The number of ether oxygens (including phenoxy) is 4. The topological polar surface area (TPSA) is 36.9 Å². The molecule has 0 radical (unpaired) electrons. The standard InChI is InChI=1S/C34H46O4/c1-23-3-11-27(12-4-23)29-15-7-25(8-16-29)19-35-31-21-37-34-32(22-38-33(31)34)36-20-26-9-17-30(18-10-26)28-13-5-24(2)6-14-28/h7-10,15-18,23-24,27-28,31-34H,3-6,11-14,19-22H2,1-2H3/t23-,24?,27-,28?,31-,32+,33-,34-/m1/s1. The van der Waals surface area contributed by atoms with E-state index in [-0.39, 0.29) is 24.4 Å². The van der Waals surface area contributed by atoms with Crippen LogP contribution in [0.5, 0.6) is 0 Å². The van der Waals surface area contributed by atoms with Gasteiger partial charge in [0.25, 0.3) is 0 Å². The Labute approximate surface area is 229 Å². The van der Waals surface area contributed by atoms with Crippen molar-refractivity contribution in [2.75, 3.05) is 13.2 Å². The van der Waals surface area contributed by atoms with Gasteiger partial charge in [0.1, 0.15) is 24.4 Å². The fourth-order valence-electron chi connectivity index (χ4n) is 7.08. The summed E-state index contributed by atoms with van der Waals surface area (Å²) in [6.07, 6.45) is 10.6. The first-order valence-electron chi connectivity index (χ1n) is 15.3. The van der Waals surface area contributed by atoms with Crippen LogP contribution in [-0.4, -0.2) is 37.6 Å². The van der Waals surface area contributed by atoms with Gasteiger partial charge in [-0.1, -0.05) is 88.1 Å². The van der Waals surface area contributed by atoms with E-state index in [0.29, 0.717) is 26.4 Å². The van der Waals surface area contributed by atoms with Crippen molar-refractivity contribution in [2.24, 2.45) is 11.8 Å². The lowest BCUT2D eigenvalue weighted by molar-refractivity contribution is -0.0580. The molecule has 0 aromatic heterocycles. The summed E-state index contributed by atoms with van der Waals surface area (Å²) in [5.41, 5.74) is 5.42. The first-order chi connectivity index (χ1) is 18.6. The lowest BCUT2D eigenvalue weighted by Crippen LogP contribution is -2.34. The van der Waals surface area contributed by atoms with Crippen molar-refractivity contribution in [1.29, 1.82) is 0 Å². The zero-order valence-electron chi connectivity index (χ0n) is 23.4. The summed E-state index contributed by atoms with van der Waals surface area (Å²) >= 11 is 0. The van der Waals surface area contributed by atoms with Gasteiger partial charge in [-0.05, 0) is 71.6 Å². The number of hydrogen-bond donors (Lipinski definition) is 0. The number of rotatable bonds is 8. The Hall–Kier alpha value is -1.72. The highest BCUT2D eigenvalue weighted by molar-refractivity contribution is 5.26. The average Bonchev–Trinajstić information content (AvgIpc) is 3.55. The van der Waals surface area contributed by atoms with Crippen LogP contribution in [0.15, 0.2) is 48.5 Å². The van der Waals surface area contributed by atoms with Gasteiger partial charge in [0.15, 0.2) is 0 Å². The van der Waals surface area contributed by atoms with Crippen LogP contribution in [0.1, 0.15) is 99.3 Å². The van der Waals surface area contributed by atoms with Gasteiger partial charge in [0.05, 0.1) is 26.4 Å². The fourth-order valence-corrected chi connectivity index (χ4v) is 7.08. The maximum absolute atomic E-state index is 6.29. The second kappa shape index (κ2) is 12.2. The van der Waals surface area contributed by atoms with Crippen LogP contribution in [-0.2, 0) is 32.2 Å². The largest absolute Gasteiger partial charge is 0.370 e. The molecule has 2 aromatic carbocycles. The molecule has 4 atom stereocenters. The highest BCUT2D eigenvalue weighted by atomic mass is 16.6. The van der Waals surface area contributed by atoms with Gasteiger partial charge < -0.3 is 18.9 Å². The Morgan fingerprint density at radius 2 is 0.921 bits per heavy atom. The van der Waals surface area contributed by atoms with Crippen LogP contribution in [0.25, 0.3) is 0 Å². The molecule has 4 nitrogen and oxygen atoms in total. The molecule has 2 aliphatic carbocycles. The minimum Gasteiger partial charge on any atom is -0.370 e. The van der Waals surface area contributed by atoms with E-state index in [1.807, 2.05) is 0 Å². The van der Waals surface area contributed by atoms with Crippen molar-refractivity contribution in [3.63, 3.8) is 0 Å². The van der Waals surface area contributed by atoms with Crippen LogP contribution in [0.2, 0.25) is 0 Å². The Morgan fingerprint density at radius 3 is 1.29 bits per heavy atom. The number of benzene rings is 2. The van der Waals surface area contributed by atoms with Gasteiger partial charge in [-0.3, -0.25) is 0 Å². The van der Waals surface area contributed by atoms with Crippen LogP contribution in [0.4, 0.5) is 0 Å². The van der Waals surface area contributed by atoms with Crippen molar-refractivity contribution < 1.29 is 18.9 Å². The highest BCUT2D eigenvalue weighted by Crippen LogP contribution is 2.37. The third kappa shape index (κ3) is 6.20. The molecule has 0 bridgehead atoms. The quantitative estimate of drug-likeness (QED) is 0.362. The predicted octanol–water partition coefficient (Wildman–Crippen LogP) is 7.54. The molecule has 0 N–H and O–H groups in total. The molecule has 0 amide bonds. The minimum absolute atomic E-state index is 0.0365. The maximum atomic E-state index is 6.29. The van der Waals surface area contributed by atoms with Gasteiger partial charge in [0, 0.05) is 0 Å². The molecule has 0 spiro atoms. The molecule has 2 heterocycles. The molecule has 6 rings (SSSR count). The van der Waals surface area contributed by atoms with E-state index in [4.69, 9.17) is 18.9 Å². The summed E-state index contributed by atoms with van der Waals surface area (Å²) in [5, 5.41) is 0. The van der Waals surface area contributed by atoms with E-state index in [0.717, 1.165) is 23.7 Å². The molecule has 0 unspecified atom stereocenters. The Kier molecular flexibility index (Phi) is 8.51. The minimum atomic E-state index is -0.0421. The fraction of sp³-hybridized carbons (Fsp3) is 0.647. The summed E-state index contributed by atoms with van der Waals surface area (Å²) in [4.78, 5) is 0. The Morgan fingerprint density at radius 1 is 0.553 bits per heavy atom. The SMILES string of the molecule is CC1CCC(c2ccc(CO[C@H]3CO[C@H]4[C@@H]3OC[C@H]4OCc3ccc([C@H]4CC[C@H](C)CC4)cc3)cc2)CC1. The van der Waals surface area contributed by atoms with E-state index < -0.39 is 0 Å². The molecular formula is C34H46O4. The summed E-state index contributed by atoms with van der Waals surface area (Å²) in [6.45, 7) is 7.10. The molecule has 2 aliphatic heterocycles. The summed E-state index contributed by atoms with van der Waals surface area (Å²) in [6, 6.07) is 18.2. The van der Waals surface area contributed by atoms with Gasteiger partial charge in [-0.15, -0.1) is 0 Å². The maximum Gasteiger partial charge on any atom is 0.115 e. The predicted molar refractivity (Wildman–Crippen MR) is 150 cm³/mol. The molecule has 4 fully saturated rings. The highest BCUT2D eigenvalue weighted by Gasteiger charge is 2.48. The van der Waals surface area contributed by atoms with Gasteiger partial charge >= 0.3 is 0 Å². The van der Waals surface area contributed by atoms with Gasteiger partial charge in [-0.2, -0.15) is 0 Å². The third-order valence-corrected chi connectivity index (χ3v) is 9.82. The van der Waals surface area contributed by atoms with Crippen molar-refractivity contribution in [1.82, 2.24) is 0 Å². The van der Waals surface area contributed by atoms with Crippen LogP contribution in [0.3, 0.4) is 0 Å². The van der Waals surface area contributed by atoms with E-state index in [2.05, 4.69) is 62.4 Å². The van der Waals surface area contributed by atoms with Crippen LogP contribution in [0, 0.1) is 11.8 Å². The molecule has 206 valence electrons. The van der Waals surface area contributed by atoms with Crippen molar-refractivity contribution in [2.45, 2.75) is 115 Å². The molecule has 2 aromatic rings.